The summed E-state index contributed by atoms with van der Waals surface area (Å²) in [5.41, 5.74) is 7.63. The van der Waals surface area contributed by atoms with Crippen LogP contribution < -0.4 is 0 Å². The number of oxazole rings is 1. The van der Waals surface area contributed by atoms with Gasteiger partial charge in [-0.15, -0.1) is 11.3 Å². The minimum absolute atomic E-state index is 0.616. The van der Waals surface area contributed by atoms with Crippen molar-refractivity contribution in [2.45, 2.75) is 0 Å². The van der Waals surface area contributed by atoms with Crippen LogP contribution in [0.15, 0.2) is 186 Å². The highest BCUT2D eigenvalue weighted by molar-refractivity contribution is 7.25. The van der Waals surface area contributed by atoms with Crippen molar-refractivity contribution in [3.8, 4) is 56.7 Å². The van der Waals surface area contributed by atoms with E-state index in [0.717, 1.165) is 76.8 Å². The third-order valence-corrected chi connectivity index (χ3v) is 12.2. The minimum Gasteiger partial charge on any atom is -0.435 e. The molecule has 58 heavy (non-hydrogen) atoms. The molecule has 3 heterocycles. The zero-order valence-corrected chi connectivity index (χ0v) is 31.7. The van der Waals surface area contributed by atoms with E-state index in [0.29, 0.717) is 23.4 Å². The van der Waals surface area contributed by atoms with Gasteiger partial charge in [0, 0.05) is 53.2 Å². The van der Waals surface area contributed by atoms with Gasteiger partial charge >= 0.3 is 0 Å². The minimum atomic E-state index is 0.616. The Kier molecular flexibility index (Phi) is 7.33. The Morgan fingerprint density at radius 3 is 1.72 bits per heavy atom. The molecule has 0 spiro atoms. The second-order valence-electron chi connectivity index (χ2n) is 14.6. The molecular weight excluding hydrogens is 729 g/mol. The highest BCUT2D eigenvalue weighted by Crippen LogP contribution is 2.40. The molecule has 0 bridgehead atoms. The van der Waals surface area contributed by atoms with Crippen molar-refractivity contribution in [2.75, 3.05) is 0 Å². The summed E-state index contributed by atoms with van der Waals surface area (Å²) in [5, 5.41) is 9.23. The largest absolute Gasteiger partial charge is 0.435 e. The first-order valence-corrected chi connectivity index (χ1v) is 20.1. The molecule has 0 fully saturated rings. The van der Waals surface area contributed by atoms with Crippen molar-refractivity contribution in [2.24, 2.45) is 0 Å². The van der Waals surface area contributed by atoms with E-state index in [1.165, 1.54) is 20.2 Å². The van der Waals surface area contributed by atoms with Crippen LogP contribution >= 0.6 is 11.3 Å². The quantitative estimate of drug-likeness (QED) is 0.164. The zero-order chi connectivity index (χ0) is 38.2. The molecule has 0 atom stereocenters. The Hall–Kier alpha value is -7.54. The highest BCUT2D eigenvalue weighted by atomic mass is 32.1. The molecule has 12 aromatic rings. The van der Waals surface area contributed by atoms with Crippen LogP contribution in [0.2, 0.25) is 0 Å². The van der Waals surface area contributed by atoms with E-state index in [9.17, 15) is 0 Å². The van der Waals surface area contributed by atoms with Gasteiger partial charge in [0.05, 0.1) is 0 Å². The predicted octanol–water partition coefficient (Wildman–Crippen LogP) is 14.2. The third kappa shape index (κ3) is 5.38. The summed E-state index contributed by atoms with van der Waals surface area (Å²) in [6.45, 7) is 0. The van der Waals surface area contributed by atoms with Crippen molar-refractivity contribution in [3.05, 3.63) is 182 Å². The first-order valence-electron chi connectivity index (χ1n) is 19.3. The van der Waals surface area contributed by atoms with Gasteiger partial charge < -0.3 is 4.42 Å². The van der Waals surface area contributed by atoms with E-state index in [2.05, 4.69) is 115 Å². The Morgan fingerprint density at radius 1 is 0.345 bits per heavy atom. The van der Waals surface area contributed by atoms with E-state index in [1.807, 2.05) is 78.1 Å². The van der Waals surface area contributed by atoms with Crippen LogP contribution in [0.5, 0.6) is 0 Å². The summed E-state index contributed by atoms with van der Waals surface area (Å²) >= 11 is 1.83. The molecule has 6 heteroatoms. The number of fused-ring (bicyclic) bond motifs is 10. The van der Waals surface area contributed by atoms with Gasteiger partial charge in [-0.1, -0.05) is 140 Å². The molecule has 0 aliphatic carbocycles. The molecule has 12 rings (SSSR count). The number of nitrogens with zero attached hydrogens (tertiary/aromatic N) is 4. The molecule has 3 aromatic heterocycles. The molecule has 270 valence electrons. The van der Waals surface area contributed by atoms with Gasteiger partial charge in [-0.25, -0.2) is 19.9 Å². The molecule has 9 aromatic carbocycles. The van der Waals surface area contributed by atoms with Gasteiger partial charge in [-0.3, -0.25) is 0 Å². The van der Waals surface area contributed by atoms with Gasteiger partial charge in [0.1, 0.15) is 5.52 Å². The average Bonchev–Trinajstić information content (AvgIpc) is 3.91. The normalized spacial score (nSPS) is 11.8. The molecule has 0 amide bonds. The lowest BCUT2D eigenvalue weighted by molar-refractivity contribution is 0.623. The number of thiophene rings is 1. The van der Waals surface area contributed by atoms with Gasteiger partial charge in [-0.05, 0) is 75.1 Å². The topological polar surface area (TPSA) is 64.7 Å². The van der Waals surface area contributed by atoms with Crippen LogP contribution in [-0.4, -0.2) is 19.9 Å². The Balaban J connectivity index is 0.999. The fourth-order valence-electron chi connectivity index (χ4n) is 8.29. The maximum Gasteiger partial charge on any atom is 0.227 e. The van der Waals surface area contributed by atoms with E-state index in [-0.39, 0.29) is 0 Å². The second-order valence-corrected chi connectivity index (χ2v) is 15.7. The summed E-state index contributed by atoms with van der Waals surface area (Å²) < 4.78 is 9.13. The van der Waals surface area contributed by atoms with Crippen molar-refractivity contribution in [1.82, 2.24) is 19.9 Å². The monoisotopic (exact) mass is 758 g/mol. The summed E-state index contributed by atoms with van der Waals surface area (Å²) in [6.07, 6.45) is 0. The van der Waals surface area contributed by atoms with Crippen molar-refractivity contribution in [3.63, 3.8) is 0 Å². The molecule has 0 radical (unpaired) electrons. The number of hydrogen-bond acceptors (Lipinski definition) is 6. The third-order valence-electron chi connectivity index (χ3n) is 11.1. The fourth-order valence-corrected chi connectivity index (χ4v) is 9.43. The highest BCUT2D eigenvalue weighted by Gasteiger charge is 2.18. The Labute approximate surface area is 336 Å². The van der Waals surface area contributed by atoms with E-state index >= 15 is 0 Å². The molecule has 5 nitrogen and oxygen atoms in total. The van der Waals surface area contributed by atoms with Gasteiger partial charge in [0.25, 0.3) is 0 Å². The molecule has 0 unspecified atom stereocenters. The summed E-state index contributed by atoms with van der Waals surface area (Å²) in [5.74, 6) is 2.49. The Morgan fingerprint density at radius 2 is 0.914 bits per heavy atom. The smallest absolute Gasteiger partial charge is 0.227 e. The van der Waals surface area contributed by atoms with Crippen LogP contribution in [0.25, 0.3) is 120 Å². The van der Waals surface area contributed by atoms with Crippen LogP contribution in [0, 0.1) is 0 Å². The lowest BCUT2D eigenvalue weighted by Gasteiger charge is -2.12. The fraction of sp³-hybridized carbons (Fsp3) is 0. The van der Waals surface area contributed by atoms with E-state index < -0.39 is 0 Å². The molecule has 0 N–H and O–H groups in total. The SMILES string of the molecule is c1ccc(-c2nc(-c3cccc(-c4ccc5c(c4)sc4ccccc45)c3)nc(-c3ccc4c(ccc5ccc6ccc7nc(-c8ccccc8)oc7c6c54)c3)n2)cc1. The maximum atomic E-state index is 6.56. The van der Waals surface area contributed by atoms with E-state index in [1.54, 1.807) is 0 Å². The molecule has 0 saturated carbocycles. The molecule has 0 aliphatic rings. The molecular formula is C52H30N4OS. The van der Waals surface area contributed by atoms with Crippen LogP contribution in [0.1, 0.15) is 0 Å². The zero-order valence-electron chi connectivity index (χ0n) is 30.9. The summed E-state index contributed by atoms with van der Waals surface area (Å²) in [6, 6.07) is 63.5. The predicted molar refractivity (Wildman–Crippen MR) is 240 cm³/mol. The van der Waals surface area contributed by atoms with Crippen LogP contribution in [-0.2, 0) is 0 Å². The first-order chi connectivity index (χ1) is 28.7. The maximum absolute atomic E-state index is 6.56. The molecule has 0 aliphatic heterocycles. The van der Waals surface area contributed by atoms with Crippen molar-refractivity contribution in [1.29, 1.82) is 0 Å². The Bertz CT molecular complexity index is 3570. The van der Waals surface area contributed by atoms with Crippen LogP contribution in [0.4, 0.5) is 0 Å². The lowest BCUT2D eigenvalue weighted by Crippen LogP contribution is -2.00. The van der Waals surface area contributed by atoms with Crippen molar-refractivity contribution >= 4 is 74.9 Å². The number of benzene rings is 9. The first kappa shape index (κ1) is 32.7. The van der Waals surface area contributed by atoms with Crippen LogP contribution in [0.3, 0.4) is 0 Å². The average molecular weight is 759 g/mol. The second kappa shape index (κ2) is 13.0. The number of rotatable bonds is 5. The summed E-state index contributed by atoms with van der Waals surface area (Å²) in [7, 11) is 0. The van der Waals surface area contributed by atoms with Crippen molar-refractivity contribution < 1.29 is 4.42 Å². The van der Waals surface area contributed by atoms with Gasteiger partial charge in [0.2, 0.25) is 5.89 Å². The van der Waals surface area contributed by atoms with Gasteiger partial charge in [-0.2, -0.15) is 0 Å². The summed E-state index contributed by atoms with van der Waals surface area (Å²) in [4.78, 5) is 20.2. The number of aromatic nitrogens is 4. The number of hydrogen-bond donors (Lipinski definition) is 0. The van der Waals surface area contributed by atoms with Gasteiger partial charge in [0.15, 0.2) is 23.1 Å². The molecule has 0 saturated heterocycles. The van der Waals surface area contributed by atoms with E-state index in [4.69, 9.17) is 24.4 Å². The standard InChI is InChI=1S/C52H30N4OS/c1-3-10-33(11-4-1)49-54-50(38-15-9-14-35(28-38)36-22-26-42-41-16-7-8-17-44(41)58-45(42)30-36)56-51(55-49)39-23-25-40-37(29-39)21-20-31-18-19-32-24-27-43-48(47(32)46(31)40)57-52(53-43)34-12-5-2-6-13-34/h1-30H. The lowest BCUT2D eigenvalue weighted by atomic mass is 9.95.